The van der Waals surface area contributed by atoms with Crippen molar-refractivity contribution in [1.82, 2.24) is 0 Å². The molecule has 0 aromatic heterocycles. The number of benzene rings is 1. The van der Waals surface area contributed by atoms with Crippen LogP contribution in [-0.2, 0) is 0 Å². The van der Waals surface area contributed by atoms with Crippen molar-refractivity contribution in [2.24, 2.45) is 5.73 Å². The van der Waals surface area contributed by atoms with Gasteiger partial charge in [0.05, 0.1) is 0 Å². The summed E-state index contributed by atoms with van der Waals surface area (Å²) in [7, 11) is 0. The zero-order valence-corrected chi connectivity index (χ0v) is 8.88. The highest BCUT2D eigenvalue weighted by molar-refractivity contribution is 5.71. The molecule has 14 heavy (non-hydrogen) atoms. The van der Waals surface area contributed by atoms with Crippen molar-refractivity contribution in [3.63, 3.8) is 0 Å². The Morgan fingerprint density at radius 3 is 2.71 bits per heavy atom. The van der Waals surface area contributed by atoms with E-state index >= 15 is 0 Å². The molecule has 0 saturated carbocycles. The van der Waals surface area contributed by atoms with Crippen LogP contribution in [0.15, 0.2) is 24.3 Å². The second-order valence-corrected chi connectivity index (χ2v) is 4.14. The van der Waals surface area contributed by atoms with Gasteiger partial charge in [-0.25, -0.2) is 0 Å². The van der Waals surface area contributed by atoms with Gasteiger partial charge in [-0.15, -0.1) is 0 Å². The van der Waals surface area contributed by atoms with Gasteiger partial charge in [0.1, 0.15) is 0 Å². The van der Waals surface area contributed by atoms with E-state index in [1.54, 1.807) is 0 Å². The first-order valence-corrected chi connectivity index (χ1v) is 5.21. The molecular weight excluding hydrogens is 170 g/mol. The first kappa shape index (κ1) is 9.47. The standard InChI is InChI=1S/C13H17N/c1-9-4-3-5-13(10(9)2)11-6-7-12(14)8-11/h3-5,8,12H,6-7,14H2,1-2H3. The molecule has 0 spiro atoms. The van der Waals surface area contributed by atoms with Crippen LogP contribution >= 0.6 is 0 Å². The zero-order valence-electron chi connectivity index (χ0n) is 8.88. The van der Waals surface area contributed by atoms with Crippen molar-refractivity contribution >= 4 is 5.57 Å². The molecule has 0 fully saturated rings. The fourth-order valence-electron chi connectivity index (χ4n) is 2.07. The van der Waals surface area contributed by atoms with E-state index in [-0.39, 0.29) is 6.04 Å². The summed E-state index contributed by atoms with van der Waals surface area (Å²) in [5.41, 5.74) is 11.5. The van der Waals surface area contributed by atoms with Crippen molar-refractivity contribution in [1.29, 1.82) is 0 Å². The summed E-state index contributed by atoms with van der Waals surface area (Å²) in [5.74, 6) is 0. The molecule has 0 bridgehead atoms. The van der Waals surface area contributed by atoms with Crippen LogP contribution in [0.1, 0.15) is 29.5 Å². The quantitative estimate of drug-likeness (QED) is 0.718. The Morgan fingerprint density at radius 2 is 2.07 bits per heavy atom. The molecule has 0 heterocycles. The first-order chi connectivity index (χ1) is 6.68. The van der Waals surface area contributed by atoms with Crippen LogP contribution in [0.25, 0.3) is 5.57 Å². The predicted molar refractivity (Wildman–Crippen MR) is 61.1 cm³/mol. The Morgan fingerprint density at radius 1 is 1.29 bits per heavy atom. The van der Waals surface area contributed by atoms with E-state index < -0.39 is 0 Å². The van der Waals surface area contributed by atoms with E-state index in [2.05, 4.69) is 38.1 Å². The van der Waals surface area contributed by atoms with E-state index in [0.29, 0.717) is 0 Å². The van der Waals surface area contributed by atoms with Crippen LogP contribution in [0.3, 0.4) is 0 Å². The number of aryl methyl sites for hydroxylation is 1. The highest BCUT2D eigenvalue weighted by Gasteiger charge is 2.14. The molecule has 1 aromatic carbocycles. The summed E-state index contributed by atoms with van der Waals surface area (Å²) in [6.07, 6.45) is 4.44. The van der Waals surface area contributed by atoms with Gasteiger partial charge in [0.25, 0.3) is 0 Å². The lowest BCUT2D eigenvalue weighted by Gasteiger charge is -2.08. The average Bonchev–Trinajstić information content (AvgIpc) is 2.57. The summed E-state index contributed by atoms with van der Waals surface area (Å²) >= 11 is 0. The molecule has 1 atom stereocenters. The van der Waals surface area contributed by atoms with Crippen LogP contribution in [0.5, 0.6) is 0 Å². The van der Waals surface area contributed by atoms with Crippen molar-refractivity contribution in [3.8, 4) is 0 Å². The third-order valence-corrected chi connectivity index (χ3v) is 3.11. The largest absolute Gasteiger partial charge is 0.324 e. The lowest BCUT2D eigenvalue weighted by atomic mass is 9.97. The van der Waals surface area contributed by atoms with Gasteiger partial charge in [-0.05, 0) is 49.0 Å². The van der Waals surface area contributed by atoms with Crippen molar-refractivity contribution in [2.75, 3.05) is 0 Å². The van der Waals surface area contributed by atoms with Crippen molar-refractivity contribution in [2.45, 2.75) is 32.7 Å². The molecular formula is C13H17N. The first-order valence-electron chi connectivity index (χ1n) is 5.21. The molecule has 1 nitrogen and oxygen atoms in total. The zero-order chi connectivity index (χ0) is 10.1. The fourth-order valence-corrected chi connectivity index (χ4v) is 2.07. The second-order valence-electron chi connectivity index (χ2n) is 4.14. The molecule has 2 rings (SSSR count). The summed E-state index contributed by atoms with van der Waals surface area (Å²) in [6.45, 7) is 4.35. The monoisotopic (exact) mass is 187 g/mol. The molecule has 1 aliphatic carbocycles. The summed E-state index contributed by atoms with van der Waals surface area (Å²) in [6, 6.07) is 6.76. The van der Waals surface area contributed by atoms with E-state index in [9.17, 15) is 0 Å². The third kappa shape index (κ3) is 1.60. The summed E-state index contributed by atoms with van der Waals surface area (Å²) in [4.78, 5) is 0. The van der Waals surface area contributed by atoms with Crippen LogP contribution in [0.2, 0.25) is 0 Å². The minimum absolute atomic E-state index is 0.268. The maximum Gasteiger partial charge on any atom is 0.0232 e. The number of hydrogen-bond donors (Lipinski definition) is 1. The Kier molecular flexibility index (Phi) is 2.42. The predicted octanol–water partition coefficient (Wildman–Crippen LogP) is 2.81. The second kappa shape index (κ2) is 3.58. The van der Waals surface area contributed by atoms with Crippen LogP contribution in [0.4, 0.5) is 0 Å². The minimum Gasteiger partial charge on any atom is -0.324 e. The van der Waals surface area contributed by atoms with Gasteiger partial charge in [0, 0.05) is 6.04 Å². The molecule has 0 aliphatic heterocycles. The van der Waals surface area contributed by atoms with E-state index in [1.807, 2.05) is 0 Å². The smallest absolute Gasteiger partial charge is 0.0232 e. The van der Waals surface area contributed by atoms with Gasteiger partial charge in [0.15, 0.2) is 0 Å². The Hall–Kier alpha value is -1.08. The highest BCUT2D eigenvalue weighted by atomic mass is 14.6. The number of hydrogen-bond acceptors (Lipinski definition) is 1. The number of nitrogens with two attached hydrogens (primary N) is 1. The molecule has 1 heteroatoms. The lowest BCUT2D eigenvalue weighted by Crippen LogP contribution is -2.11. The molecule has 0 saturated heterocycles. The third-order valence-electron chi connectivity index (χ3n) is 3.11. The van der Waals surface area contributed by atoms with E-state index in [0.717, 1.165) is 12.8 Å². The summed E-state index contributed by atoms with van der Waals surface area (Å²) < 4.78 is 0. The van der Waals surface area contributed by atoms with E-state index in [4.69, 9.17) is 5.73 Å². The molecule has 1 aliphatic rings. The van der Waals surface area contributed by atoms with Crippen LogP contribution in [0, 0.1) is 13.8 Å². The fraction of sp³-hybridized carbons (Fsp3) is 0.385. The Balaban J connectivity index is 2.42. The maximum atomic E-state index is 5.87. The Labute approximate surface area is 85.6 Å². The highest BCUT2D eigenvalue weighted by Crippen LogP contribution is 2.30. The van der Waals surface area contributed by atoms with Gasteiger partial charge >= 0.3 is 0 Å². The van der Waals surface area contributed by atoms with Gasteiger partial charge in [0.2, 0.25) is 0 Å². The van der Waals surface area contributed by atoms with E-state index in [1.165, 1.54) is 22.3 Å². The van der Waals surface area contributed by atoms with Crippen molar-refractivity contribution in [3.05, 3.63) is 41.0 Å². The SMILES string of the molecule is Cc1cccc(C2=CC(N)CC2)c1C. The van der Waals surface area contributed by atoms with Gasteiger partial charge < -0.3 is 5.73 Å². The molecule has 74 valence electrons. The van der Waals surface area contributed by atoms with Gasteiger partial charge in [-0.2, -0.15) is 0 Å². The molecule has 0 radical (unpaired) electrons. The molecule has 0 amide bonds. The lowest BCUT2D eigenvalue weighted by molar-refractivity contribution is 0.782. The molecule has 2 N–H and O–H groups in total. The minimum atomic E-state index is 0.268. The average molecular weight is 187 g/mol. The van der Waals surface area contributed by atoms with Gasteiger partial charge in [-0.1, -0.05) is 24.3 Å². The Bertz CT molecular complexity index is 377. The topological polar surface area (TPSA) is 26.0 Å². The normalized spacial score (nSPS) is 21.1. The summed E-state index contributed by atoms with van der Waals surface area (Å²) in [5, 5.41) is 0. The molecule has 1 unspecified atom stereocenters. The van der Waals surface area contributed by atoms with Crippen LogP contribution < -0.4 is 5.73 Å². The molecule has 1 aromatic rings. The number of rotatable bonds is 1. The van der Waals surface area contributed by atoms with Crippen molar-refractivity contribution < 1.29 is 0 Å². The van der Waals surface area contributed by atoms with Crippen LogP contribution in [-0.4, -0.2) is 6.04 Å². The van der Waals surface area contributed by atoms with Gasteiger partial charge in [-0.3, -0.25) is 0 Å². The number of allylic oxidation sites excluding steroid dienone is 1. The maximum absolute atomic E-state index is 5.87.